The minimum atomic E-state index is -2.96. The number of carbonyl (C=O) groups excluding carboxylic acids is 1. The standard InChI is InChI=1S/C12H22O3S/c1-3-10(2)9-16(14,15)8-7-11-5-4-6-12(11)13/h10-11H,3-9H2,1-2H3. The Kier molecular flexibility index (Phi) is 4.96. The molecule has 1 aliphatic carbocycles. The zero-order valence-corrected chi connectivity index (χ0v) is 11.1. The molecule has 0 radical (unpaired) electrons. The van der Waals surface area contributed by atoms with Crippen LogP contribution in [0.3, 0.4) is 0 Å². The van der Waals surface area contributed by atoms with Gasteiger partial charge in [0.2, 0.25) is 0 Å². The van der Waals surface area contributed by atoms with E-state index in [1.165, 1.54) is 0 Å². The summed E-state index contributed by atoms with van der Waals surface area (Å²) in [6.07, 6.45) is 3.90. The fraction of sp³-hybridized carbons (Fsp3) is 0.917. The van der Waals surface area contributed by atoms with Crippen LogP contribution >= 0.6 is 0 Å². The molecule has 0 N–H and O–H groups in total. The molecule has 16 heavy (non-hydrogen) atoms. The summed E-state index contributed by atoms with van der Waals surface area (Å²) >= 11 is 0. The van der Waals surface area contributed by atoms with Crippen molar-refractivity contribution in [2.45, 2.75) is 46.0 Å². The third-order valence-corrected chi connectivity index (χ3v) is 5.38. The third-order valence-electron chi connectivity index (χ3n) is 3.44. The van der Waals surface area contributed by atoms with Crippen molar-refractivity contribution in [3.05, 3.63) is 0 Å². The largest absolute Gasteiger partial charge is 0.299 e. The minimum Gasteiger partial charge on any atom is -0.299 e. The Hall–Kier alpha value is -0.380. The van der Waals surface area contributed by atoms with E-state index < -0.39 is 9.84 Å². The van der Waals surface area contributed by atoms with Crippen molar-refractivity contribution in [1.82, 2.24) is 0 Å². The molecule has 4 heteroatoms. The first-order valence-corrected chi connectivity index (χ1v) is 8.00. The van der Waals surface area contributed by atoms with Crippen molar-refractivity contribution in [2.75, 3.05) is 11.5 Å². The number of carbonyl (C=O) groups is 1. The summed E-state index contributed by atoms with van der Waals surface area (Å²) in [4.78, 5) is 11.4. The lowest BCUT2D eigenvalue weighted by Crippen LogP contribution is -2.19. The van der Waals surface area contributed by atoms with Crippen molar-refractivity contribution in [2.24, 2.45) is 11.8 Å². The number of hydrogen-bond donors (Lipinski definition) is 0. The molecule has 0 aromatic rings. The van der Waals surface area contributed by atoms with Gasteiger partial charge in [0.1, 0.15) is 5.78 Å². The first-order chi connectivity index (χ1) is 7.44. The molecule has 0 heterocycles. The molecule has 0 aliphatic heterocycles. The summed E-state index contributed by atoms with van der Waals surface area (Å²) in [7, 11) is -2.96. The maximum atomic E-state index is 11.8. The maximum absolute atomic E-state index is 11.8. The first-order valence-electron chi connectivity index (χ1n) is 6.17. The molecule has 0 spiro atoms. The van der Waals surface area contributed by atoms with Gasteiger partial charge in [-0.3, -0.25) is 4.79 Å². The Morgan fingerprint density at radius 3 is 2.62 bits per heavy atom. The van der Waals surface area contributed by atoms with Gasteiger partial charge in [-0.15, -0.1) is 0 Å². The van der Waals surface area contributed by atoms with Gasteiger partial charge in [-0.1, -0.05) is 20.3 Å². The van der Waals surface area contributed by atoms with E-state index in [-0.39, 0.29) is 29.1 Å². The highest BCUT2D eigenvalue weighted by Gasteiger charge is 2.26. The summed E-state index contributed by atoms with van der Waals surface area (Å²) in [6, 6.07) is 0. The van der Waals surface area contributed by atoms with Crippen LogP contribution in [0.5, 0.6) is 0 Å². The summed E-state index contributed by atoms with van der Waals surface area (Å²) in [5, 5.41) is 0. The zero-order valence-electron chi connectivity index (χ0n) is 10.2. The quantitative estimate of drug-likeness (QED) is 0.722. The average molecular weight is 246 g/mol. The molecule has 1 saturated carbocycles. The lowest BCUT2D eigenvalue weighted by molar-refractivity contribution is -0.120. The van der Waals surface area contributed by atoms with Crippen LogP contribution in [0.1, 0.15) is 46.0 Å². The van der Waals surface area contributed by atoms with Gasteiger partial charge in [-0.05, 0) is 25.2 Å². The molecule has 0 aromatic carbocycles. The molecule has 0 aromatic heterocycles. The molecule has 2 atom stereocenters. The molecule has 94 valence electrons. The van der Waals surface area contributed by atoms with Crippen LogP contribution in [0.15, 0.2) is 0 Å². The van der Waals surface area contributed by atoms with E-state index in [0.717, 1.165) is 19.3 Å². The second-order valence-electron chi connectivity index (χ2n) is 4.97. The normalized spacial score (nSPS) is 23.6. The summed E-state index contributed by atoms with van der Waals surface area (Å²) < 4.78 is 23.5. The van der Waals surface area contributed by atoms with Crippen LogP contribution in [-0.4, -0.2) is 25.7 Å². The van der Waals surface area contributed by atoms with E-state index in [0.29, 0.717) is 12.8 Å². The monoisotopic (exact) mass is 246 g/mol. The molecular formula is C12H22O3S. The average Bonchev–Trinajstić information content (AvgIpc) is 2.60. The van der Waals surface area contributed by atoms with Crippen LogP contribution in [0.25, 0.3) is 0 Å². The van der Waals surface area contributed by atoms with Crippen molar-refractivity contribution in [3.8, 4) is 0 Å². The van der Waals surface area contributed by atoms with Crippen LogP contribution in [0, 0.1) is 11.8 Å². The van der Waals surface area contributed by atoms with E-state index >= 15 is 0 Å². The van der Waals surface area contributed by atoms with Gasteiger partial charge < -0.3 is 0 Å². The van der Waals surface area contributed by atoms with Gasteiger partial charge in [0.15, 0.2) is 9.84 Å². The number of ketones is 1. The zero-order chi connectivity index (χ0) is 12.2. The second kappa shape index (κ2) is 5.80. The van der Waals surface area contributed by atoms with Gasteiger partial charge in [0.05, 0.1) is 11.5 Å². The molecule has 1 fully saturated rings. The van der Waals surface area contributed by atoms with E-state index in [9.17, 15) is 13.2 Å². The van der Waals surface area contributed by atoms with Gasteiger partial charge in [-0.2, -0.15) is 0 Å². The Labute approximate surface area is 98.5 Å². The van der Waals surface area contributed by atoms with Crippen LogP contribution < -0.4 is 0 Å². The summed E-state index contributed by atoms with van der Waals surface area (Å²) in [6.45, 7) is 3.96. The number of rotatable bonds is 6. The number of sulfone groups is 1. The van der Waals surface area contributed by atoms with Gasteiger partial charge in [-0.25, -0.2) is 8.42 Å². The van der Waals surface area contributed by atoms with Gasteiger partial charge in [0, 0.05) is 12.3 Å². The molecule has 1 aliphatic rings. The lowest BCUT2D eigenvalue weighted by atomic mass is 10.1. The summed E-state index contributed by atoms with van der Waals surface area (Å²) in [5.74, 6) is 0.966. The first kappa shape index (κ1) is 13.7. The van der Waals surface area contributed by atoms with Crippen molar-refractivity contribution < 1.29 is 13.2 Å². The molecule has 3 nitrogen and oxygen atoms in total. The highest BCUT2D eigenvalue weighted by Crippen LogP contribution is 2.25. The van der Waals surface area contributed by atoms with Crippen LogP contribution in [-0.2, 0) is 14.6 Å². The molecule has 0 amide bonds. The van der Waals surface area contributed by atoms with E-state index in [4.69, 9.17) is 0 Å². The van der Waals surface area contributed by atoms with E-state index in [2.05, 4.69) is 0 Å². The Morgan fingerprint density at radius 1 is 1.44 bits per heavy atom. The van der Waals surface area contributed by atoms with Crippen molar-refractivity contribution >= 4 is 15.6 Å². The predicted octanol–water partition coefficient (Wildman–Crippen LogP) is 2.21. The molecule has 2 unspecified atom stereocenters. The minimum absolute atomic E-state index is 0.0201. The molecular weight excluding hydrogens is 224 g/mol. The van der Waals surface area contributed by atoms with Crippen molar-refractivity contribution in [3.63, 3.8) is 0 Å². The Bertz CT molecular complexity index is 332. The molecule has 0 saturated heterocycles. The topological polar surface area (TPSA) is 51.2 Å². The number of Topliss-reactive ketones (excluding diaryl/α,β-unsaturated/α-hetero) is 1. The van der Waals surface area contributed by atoms with Crippen LogP contribution in [0.4, 0.5) is 0 Å². The SMILES string of the molecule is CCC(C)CS(=O)(=O)CCC1CCCC1=O. The third kappa shape index (κ3) is 4.24. The Balaban J connectivity index is 2.38. The highest BCUT2D eigenvalue weighted by atomic mass is 32.2. The second-order valence-corrected chi connectivity index (χ2v) is 7.20. The highest BCUT2D eigenvalue weighted by molar-refractivity contribution is 7.91. The lowest BCUT2D eigenvalue weighted by Gasteiger charge is -2.11. The van der Waals surface area contributed by atoms with E-state index in [1.807, 2.05) is 13.8 Å². The smallest absolute Gasteiger partial charge is 0.150 e. The fourth-order valence-electron chi connectivity index (χ4n) is 2.15. The molecule has 1 rings (SSSR count). The van der Waals surface area contributed by atoms with E-state index in [1.54, 1.807) is 0 Å². The van der Waals surface area contributed by atoms with Gasteiger partial charge in [0.25, 0.3) is 0 Å². The van der Waals surface area contributed by atoms with Crippen molar-refractivity contribution in [1.29, 1.82) is 0 Å². The Morgan fingerprint density at radius 2 is 2.12 bits per heavy atom. The number of hydrogen-bond acceptors (Lipinski definition) is 3. The van der Waals surface area contributed by atoms with Crippen LogP contribution in [0.2, 0.25) is 0 Å². The maximum Gasteiger partial charge on any atom is 0.150 e. The predicted molar refractivity (Wildman–Crippen MR) is 65.1 cm³/mol. The molecule has 0 bridgehead atoms. The fourth-order valence-corrected chi connectivity index (χ4v) is 4.06. The summed E-state index contributed by atoms with van der Waals surface area (Å²) in [5.41, 5.74) is 0. The van der Waals surface area contributed by atoms with Gasteiger partial charge >= 0.3 is 0 Å².